The number of hydrogen-bond donors (Lipinski definition) is 0. The molecule has 1 nitrogen and oxygen atoms in total. The molecule has 15 heavy (non-hydrogen) atoms. The van der Waals surface area contributed by atoms with Crippen LogP contribution < -0.4 is 0 Å². The molecule has 0 spiro atoms. The number of ketones is 1. The van der Waals surface area contributed by atoms with Gasteiger partial charge in [-0.05, 0) is 74.7 Å². The lowest BCUT2D eigenvalue weighted by molar-refractivity contribution is -0.112. The summed E-state index contributed by atoms with van der Waals surface area (Å²) in [6.07, 6.45) is 12.6. The zero-order valence-corrected chi connectivity index (χ0v) is 9.54. The molecule has 4 aliphatic rings. The van der Waals surface area contributed by atoms with Crippen molar-refractivity contribution in [3.63, 3.8) is 0 Å². The molecule has 0 amide bonds. The molecular formula is C14H20O. The summed E-state index contributed by atoms with van der Waals surface area (Å²) >= 11 is 0. The first-order valence-electron chi connectivity index (χ1n) is 6.35. The van der Waals surface area contributed by atoms with Gasteiger partial charge in [0, 0.05) is 0 Å². The highest BCUT2D eigenvalue weighted by Gasteiger charge is 2.49. The van der Waals surface area contributed by atoms with Crippen LogP contribution in [0.15, 0.2) is 12.2 Å². The molecule has 4 saturated carbocycles. The molecule has 0 saturated heterocycles. The van der Waals surface area contributed by atoms with Gasteiger partial charge in [0.1, 0.15) is 0 Å². The molecular weight excluding hydrogens is 184 g/mol. The highest BCUT2D eigenvalue weighted by atomic mass is 16.1. The Labute approximate surface area is 91.9 Å². The van der Waals surface area contributed by atoms with Gasteiger partial charge in [-0.15, -0.1) is 0 Å². The Bertz CT molecular complexity index is 278. The van der Waals surface area contributed by atoms with Crippen LogP contribution in [0.2, 0.25) is 0 Å². The molecule has 0 atom stereocenters. The lowest BCUT2D eigenvalue weighted by Gasteiger charge is -2.55. The monoisotopic (exact) mass is 204 g/mol. The van der Waals surface area contributed by atoms with Gasteiger partial charge < -0.3 is 0 Å². The molecule has 4 aliphatic carbocycles. The number of carbonyl (C=O) groups is 1. The third-order valence-corrected chi connectivity index (χ3v) is 4.76. The maximum absolute atomic E-state index is 11.1. The summed E-state index contributed by atoms with van der Waals surface area (Å²) in [4.78, 5) is 11.1. The normalized spacial score (nSPS) is 47.7. The fourth-order valence-electron chi connectivity index (χ4n) is 4.68. The molecule has 1 heteroatoms. The SMILES string of the molecule is CC(=O)C=CC12CC3CC(CC(C3)C1)C2. The Kier molecular flexibility index (Phi) is 2.05. The number of carbonyl (C=O) groups excluding carboxylic acids is 1. The summed E-state index contributed by atoms with van der Waals surface area (Å²) in [7, 11) is 0. The molecule has 4 rings (SSSR count). The molecule has 0 heterocycles. The van der Waals surface area contributed by atoms with Gasteiger partial charge in [-0.3, -0.25) is 4.79 Å². The van der Waals surface area contributed by atoms with Crippen LogP contribution in [0, 0.1) is 23.2 Å². The minimum absolute atomic E-state index is 0.214. The Balaban J connectivity index is 1.84. The van der Waals surface area contributed by atoms with Crippen molar-refractivity contribution < 1.29 is 4.79 Å². The van der Waals surface area contributed by atoms with Crippen LogP contribution in [0.4, 0.5) is 0 Å². The lowest BCUT2D eigenvalue weighted by atomic mass is 9.49. The van der Waals surface area contributed by atoms with Gasteiger partial charge in [0.15, 0.2) is 5.78 Å². The summed E-state index contributed by atoms with van der Waals surface area (Å²) in [6, 6.07) is 0. The van der Waals surface area contributed by atoms with E-state index in [0.717, 1.165) is 17.8 Å². The highest BCUT2D eigenvalue weighted by Crippen LogP contribution is 2.60. The number of allylic oxidation sites excluding steroid dienone is 2. The largest absolute Gasteiger partial charge is 0.295 e. The quantitative estimate of drug-likeness (QED) is 0.630. The van der Waals surface area contributed by atoms with Crippen molar-refractivity contribution >= 4 is 5.78 Å². The minimum atomic E-state index is 0.214. The summed E-state index contributed by atoms with van der Waals surface area (Å²) in [5.74, 6) is 3.15. The number of hydrogen-bond acceptors (Lipinski definition) is 1. The standard InChI is InChI=1S/C14H20O/c1-10(15)2-3-14-7-11-4-12(8-14)6-13(5-11)9-14/h2-3,11-13H,4-9H2,1H3. The summed E-state index contributed by atoms with van der Waals surface area (Å²) in [5, 5.41) is 0. The van der Waals surface area contributed by atoms with E-state index in [1.165, 1.54) is 38.5 Å². The molecule has 0 aliphatic heterocycles. The first kappa shape index (κ1) is 9.62. The van der Waals surface area contributed by atoms with Crippen molar-refractivity contribution in [3.05, 3.63) is 12.2 Å². The van der Waals surface area contributed by atoms with E-state index >= 15 is 0 Å². The summed E-state index contributed by atoms with van der Waals surface area (Å²) in [6.45, 7) is 1.66. The molecule has 0 radical (unpaired) electrons. The van der Waals surface area contributed by atoms with Gasteiger partial charge in [0.25, 0.3) is 0 Å². The van der Waals surface area contributed by atoms with Crippen LogP contribution in [0.3, 0.4) is 0 Å². The molecule has 0 aromatic rings. The van der Waals surface area contributed by atoms with E-state index in [-0.39, 0.29) is 5.78 Å². The van der Waals surface area contributed by atoms with E-state index in [4.69, 9.17) is 0 Å². The minimum Gasteiger partial charge on any atom is -0.295 e. The first-order chi connectivity index (χ1) is 7.15. The Hall–Kier alpha value is -0.590. The van der Waals surface area contributed by atoms with E-state index < -0.39 is 0 Å². The summed E-state index contributed by atoms with van der Waals surface area (Å²) < 4.78 is 0. The fourth-order valence-corrected chi connectivity index (χ4v) is 4.68. The van der Waals surface area contributed by atoms with Crippen molar-refractivity contribution in [3.8, 4) is 0 Å². The van der Waals surface area contributed by atoms with Crippen LogP contribution in [-0.4, -0.2) is 5.78 Å². The second-order valence-corrected chi connectivity index (χ2v) is 6.22. The first-order valence-corrected chi connectivity index (χ1v) is 6.35. The van der Waals surface area contributed by atoms with Gasteiger partial charge in [-0.1, -0.05) is 6.08 Å². The van der Waals surface area contributed by atoms with Gasteiger partial charge in [-0.2, -0.15) is 0 Å². The van der Waals surface area contributed by atoms with Crippen LogP contribution in [0.25, 0.3) is 0 Å². The van der Waals surface area contributed by atoms with E-state index in [0.29, 0.717) is 5.41 Å². The molecule has 4 fully saturated rings. The third-order valence-electron chi connectivity index (χ3n) is 4.76. The molecule has 4 bridgehead atoms. The van der Waals surface area contributed by atoms with Crippen LogP contribution >= 0.6 is 0 Å². The van der Waals surface area contributed by atoms with Gasteiger partial charge in [0.2, 0.25) is 0 Å². The Morgan fingerprint density at radius 3 is 1.93 bits per heavy atom. The topological polar surface area (TPSA) is 17.1 Å². The van der Waals surface area contributed by atoms with Gasteiger partial charge in [0.05, 0.1) is 0 Å². The maximum atomic E-state index is 11.1. The highest BCUT2D eigenvalue weighted by molar-refractivity contribution is 5.87. The zero-order chi connectivity index (χ0) is 10.5. The van der Waals surface area contributed by atoms with Gasteiger partial charge >= 0.3 is 0 Å². The average Bonchev–Trinajstić information content (AvgIpc) is 2.12. The second kappa shape index (κ2) is 3.20. The number of rotatable bonds is 2. The lowest BCUT2D eigenvalue weighted by Crippen LogP contribution is -2.45. The second-order valence-electron chi connectivity index (χ2n) is 6.22. The van der Waals surface area contributed by atoms with Crippen LogP contribution in [0.5, 0.6) is 0 Å². The molecule has 0 unspecified atom stereocenters. The van der Waals surface area contributed by atoms with E-state index in [1.54, 1.807) is 6.92 Å². The molecule has 0 N–H and O–H groups in total. The predicted octanol–water partition coefficient (Wildman–Crippen LogP) is 3.35. The predicted molar refractivity (Wildman–Crippen MR) is 60.4 cm³/mol. The zero-order valence-electron chi connectivity index (χ0n) is 9.54. The van der Waals surface area contributed by atoms with Crippen LogP contribution in [-0.2, 0) is 4.79 Å². The maximum Gasteiger partial charge on any atom is 0.152 e. The summed E-state index contributed by atoms with van der Waals surface area (Å²) in [5.41, 5.74) is 0.431. The molecule has 0 aromatic heterocycles. The Morgan fingerprint density at radius 2 is 1.53 bits per heavy atom. The van der Waals surface area contributed by atoms with Gasteiger partial charge in [-0.25, -0.2) is 0 Å². The van der Waals surface area contributed by atoms with Crippen LogP contribution in [0.1, 0.15) is 45.4 Å². The molecule has 0 aromatic carbocycles. The third kappa shape index (κ3) is 1.66. The van der Waals surface area contributed by atoms with E-state index in [1.807, 2.05) is 6.08 Å². The van der Waals surface area contributed by atoms with E-state index in [9.17, 15) is 4.79 Å². The van der Waals surface area contributed by atoms with Crippen molar-refractivity contribution in [2.24, 2.45) is 23.2 Å². The Morgan fingerprint density at radius 1 is 1.07 bits per heavy atom. The van der Waals surface area contributed by atoms with Crippen molar-refractivity contribution in [2.75, 3.05) is 0 Å². The van der Waals surface area contributed by atoms with Crippen molar-refractivity contribution in [1.29, 1.82) is 0 Å². The fraction of sp³-hybridized carbons (Fsp3) is 0.786. The smallest absolute Gasteiger partial charge is 0.152 e. The van der Waals surface area contributed by atoms with E-state index in [2.05, 4.69) is 6.08 Å². The molecule has 82 valence electrons. The average molecular weight is 204 g/mol. The van der Waals surface area contributed by atoms with Crippen molar-refractivity contribution in [1.82, 2.24) is 0 Å². The van der Waals surface area contributed by atoms with Crippen molar-refractivity contribution in [2.45, 2.75) is 45.4 Å².